The Bertz CT molecular complexity index is 73.7. The van der Waals surface area contributed by atoms with Gasteiger partial charge in [-0.05, 0) is 12.3 Å². The summed E-state index contributed by atoms with van der Waals surface area (Å²) in [7, 11) is 0. The van der Waals surface area contributed by atoms with Gasteiger partial charge in [0.25, 0.3) is 0 Å². The number of rotatable bonds is 0. The third-order valence-electron chi connectivity index (χ3n) is 0. The van der Waals surface area contributed by atoms with Crippen LogP contribution in [0.15, 0.2) is 0 Å². The molecular weight excluding hydrogens is 187 g/mol. The molecule has 0 bridgehead atoms. The maximum absolute atomic E-state index is 8.33. The number of carbonyl (C=O) groups excluding carboxylic acids is 2. The molecule has 0 radical (unpaired) electrons. The molecule has 0 heterocycles. The van der Waals surface area contributed by atoms with Crippen molar-refractivity contribution in [3.63, 3.8) is 0 Å². The second-order valence-corrected chi connectivity index (χ2v) is 0.500. The van der Waals surface area contributed by atoms with Crippen molar-refractivity contribution in [3.05, 3.63) is 0 Å². The minimum Gasteiger partial charge on any atom is -0.652 e. The Kier molecular flexibility index (Phi) is 36.3. The van der Waals surface area contributed by atoms with Gasteiger partial charge in [0.1, 0.15) is 0 Å². The van der Waals surface area contributed by atoms with Crippen molar-refractivity contribution < 1.29 is 81.4 Å². The van der Waals surface area contributed by atoms with Gasteiger partial charge in [-0.1, -0.05) is 0 Å². The summed E-state index contributed by atoms with van der Waals surface area (Å²) in [5.74, 6) is 0. The number of hydrogen-bond acceptors (Lipinski definition) is 6. The van der Waals surface area contributed by atoms with Gasteiger partial charge in [0.15, 0.2) is 0 Å². The van der Waals surface area contributed by atoms with Crippen LogP contribution in [0.2, 0.25) is 0 Å². The monoisotopic (exact) mass is 187 g/mol. The van der Waals surface area contributed by atoms with Crippen molar-refractivity contribution in [1.82, 2.24) is 0 Å². The summed E-state index contributed by atoms with van der Waals surface area (Å²) in [6.45, 7) is 0. The zero-order chi connectivity index (χ0) is 7.15. The van der Waals surface area contributed by atoms with Gasteiger partial charge in [-0.15, -0.1) is 0 Å². The van der Waals surface area contributed by atoms with Crippen molar-refractivity contribution in [2.75, 3.05) is 0 Å². The molecular formula is C2KO6Si+. The topological polar surface area (TPSA) is 126 Å². The molecule has 6 nitrogen and oxygen atoms in total. The van der Waals surface area contributed by atoms with Gasteiger partial charge in [0.2, 0.25) is 0 Å². The van der Waals surface area contributed by atoms with Crippen LogP contribution in [0.1, 0.15) is 0 Å². The van der Waals surface area contributed by atoms with E-state index in [0.717, 1.165) is 0 Å². The first-order valence-corrected chi connectivity index (χ1v) is 1.22. The van der Waals surface area contributed by atoms with Crippen LogP contribution in [0.25, 0.3) is 0 Å². The van der Waals surface area contributed by atoms with Gasteiger partial charge < -0.3 is 30.0 Å². The molecule has 0 atom stereocenters. The van der Waals surface area contributed by atoms with Crippen LogP contribution in [0, 0.1) is 0 Å². The third kappa shape index (κ3) is 2970. The normalized spacial score (nSPS) is 4.80. The van der Waals surface area contributed by atoms with Crippen molar-refractivity contribution in [1.29, 1.82) is 0 Å². The van der Waals surface area contributed by atoms with Crippen LogP contribution < -0.4 is 71.8 Å². The number of carboxylic acid groups (broad SMARTS) is 4. The van der Waals surface area contributed by atoms with Crippen molar-refractivity contribution >= 4 is 23.3 Å². The third-order valence-corrected chi connectivity index (χ3v) is 0. The first kappa shape index (κ1) is 22.4. The Morgan fingerprint density at radius 3 is 0.800 bits per heavy atom. The molecule has 0 spiro atoms. The summed E-state index contributed by atoms with van der Waals surface area (Å²) in [6.07, 6.45) is -4.67. The molecule has 0 N–H and O–H groups in total. The van der Waals surface area contributed by atoms with E-state index < -0.39 is 12.3 Å². The molecule has 0 aromatic heterocycles. The average molecular weight is 187 g/mol. The molecule has 0 amide bonds. The largest absolute Gasteiger partial charge is 4.00 e. The fraction of sp³-hybridized carbons (Fsp3) is 0. The second-order valence-electron chi connectivity index (χ2n) is 0.500. The Labute approximate surface area is 103 Å². The van der Waals surface area contributed by atoms with Gasteiger partial charge >= 0.3 is 62.3 Å². The molecule has 48 valence electrons. The van der Waals surface area contributed by atoms with Crippen LogP contribution in [0.3, 0.4) is 0 Å². The summed E-state index contributed by atoms with van der Waals surface area (Å²) >= 11 is 0. The summed E-state index contributed by atoms with van der Waals surface area (Å²) in [4.78, 5) is 16.7. The van der Waals surface area contributed by atoms with Gasteiger partial charge in [-0.3, -0.25) is 0 Å². The van der Waals surface area contributed by atoms with Gasteiger partial charge in [0.05, 0.1) is 0 Å². The summed E-state index contributed by atoms with van der Waals surface area (Å²) in [6, 6.07) is 0. The van der Waals surface area contributed by atoms with E-state index in [2.05, 4.69) is 0 Å². The first-order chi connectivity index (χ1) is 3.46. The van der Waals surface area contributed by atoms with E-state index >= 15 is 0 Å². The second kappa shape index (κ2) is 16.2. The maximum atomic E-state index is 8.33. The van der Waals surface area contributed by atoms with Crippen molar-refractivity contribution in [3.8, 4) is 0 Å². The van der Waals surface area contributed by atoms with Crippen LogP contribution in [-0.2, 0) is 0 Å². The number of hydrogen-bond donors (Lipinski definition) is 0. The minimum atomic E-state index is -2.33. The minimum absolute atomic E-state index is 0. The molecule has 0 saturated heterocycles. The maximum Gasteiger partial charge on any atom is 4.00 e. The molecule has 0 aromatic rings. The molecule has 8 heteroatoms. The summed E-state index contributed by atoms with van der Waals surface area (Å²) in [5, 5.41) is 33.3. The number of carbonyl (C=O) groups is 2. The van der Waals surface area contributed by atoms with E-state index in [1.165, 1.54) is 0 Å². The predicted molar refractivity (Wildman–Crippen MR) is 16.5 cm³/mol. The molecule has 0 unspecified atom stereocenters. The predicted octanol–water partition coefficient (Wildman–Crippen LogP) is -8.27. The van der Waals surface area contributed by atoms with Gasteiger partial charge in [-0.2, -0.15) is 0 Å². The van der Waals surface area contributed by atoms with Crippen LogP contribution in [0.4, 0.5) is 9.59 Å². The standard InChI is InChI=1S/2CH2O3.K.Si/c2*2-1(3)4;;/h2*(H2,2,3,4);;/q;;+1;+4/p-4. The summed E-state index contributed by atoms with van der Waals surface area (Å²) in [5.41, 5.74) is 0. The van der Waals surface area contributed by atoms with E-state index in [4.69, 9.17) is 30.0 Å². The molecule has 0 fully saturated rings. The fourth-order valence-electron chi connectivity index (χ4n) is 0. The van der Waals surface area contributed by atoms with Crippen molar-refractivity contribution in [2.24, 2.45) is 0 Å². The van der Waals surface area contributed by atoms with E-state index in [1.54, 1.807) is 0 Å². The molecule has 0 aromatic carbocycles. The van der Waals surface area contributed by atoms with E-state index in [9.17, 15) is 0 Å². The van der Waals surface area contributed by atoms with E-state index in [0.29, 0.717) is 0 Å². The quantitative estimate of drug-likeness (QED) is 0.346. The smallest absolute Gasteiger partial charge is 0.652 e. The molecule has 10 heavy (non-hydrogen) atoms. The van der Waals surface area contributed by atoms with Crippen LogP contribution in [0.5, 0.6) is 0 Å². The fourth-order valence-corrected chi connectivity index (χ4v) is 0. The Hall–Kier alpha value is 0.393. The van der Waals surface area contributed by atoms with E-state index in [1.807, 2.05) is 0 Å². The molecule has 0 aliphatic rings. The van der Waals surface area contributed by atoms with Crippen LogP contribution >= 0.6 is 0 Å². The Morgan fingerprint density at radius 1 is 0.800 bits per heavy atom. The van der Waals surface area contributed by atoms with Crippen molar-refractivity contribution in [2.45, 2.75) is 0 Å². The first-order valence-electron chi connectivity index (χ1n) is 1.22. The molecule has 0 aliphatic carbocycles. The average Bonchev–Trinajstić information content (AvgIpc) is 1.25. The van der Waals surface area contributed by atoms with Crippen LogP contribution in [-0.4, -0.2) is 23.3 Å². The summed E-state index contributed by atoms with van der Waals surface area (Å²) < 4.78 is 0. The van der Waals surface area contributed by atoms with Gasteiger partial charge in [0, 0.05) is 0 Å². The Balaban J connectivity index is -0.0000000300. The SMILES string of the molecule is O=C([O-])[O-].O=C([O-])[O-].[K+].[Si+4]. The van der Waals surface area contributed by atoms with E-state index in [-0.39, 0.29) is 62.3 Å². The Morgan fingerprint density at radius 2 is 0.800 bits per heavy atom. The zero-order valence-electron chi connectivity index (χ0n) is 4.95. The molecule has 0 saturated carbocycles. The molecule has 0 aliphatic heterocycles. The zero-order valence-corrected chi connectivity index (χ0v) is 9.07. The van der Waals surface area contributed by atoms with Gasteiger partial charge in [-0.25, -0.2) is 0 Å². The molecule has 0 rings (SSSR count).